The molecule has 0 amide bonds. The first-order valence-corrected chi connectivity index (χ1v) is 10.4. The van der Waals surface area contributed by atoms with Gasteiger partial charge in [0.15, 0.2) is 5.96 Å². The molecule has 1 aliphatic heterocycles. The standard InChI is InChI=1S/C23H30F2N4O/c1-3-26-23(28(2)16-17-4-7-19(24)8-5-17)27-15-18-6-9-22(21(25)14-18)29-12-10-20(30)11-13-29/h4-9,14,20,30H,3,10-13,15-16H2,1-2H3,(H,26,27). The van der Waals surface area contributed by atoms with E-state index >= 15 is 0 Å². The van der Waals surface area contributed by atoms with Crippen molar-refractivity contribution >= 4 is 11.6 Å². The number of hydrogen-bond donors (Lipinski definition) is 2. The third-order valence-corrected chi connectivity index (χ3v) is 5.26. The minimum atomic E-state index is -0.283. The Hall–Kier alpha value is -2.67. The molecule has 1 fully saturated rings. The molecule has 3 rings (SSSR count). The maximum Gasteiger partial charge on any atom is 0.194 e. The quantitative estimate of drug-likeness (QED) is 0.559. The predicted molar refractivity (Wildman–Crippen MR) is 117 cm³/mol. The predicted octanol–water partition coefficient (Wildman–Crippen LogP) is 3.52. The molecule has 2 aromatic carbocycles. The lowest BCUT2D eigenvalue weighted by Gasteiger charge is -2.31. The third kappa shape index (κ3) is 5.92. The number of nitrogens with one attached hydrogen (secondary N) is 1. The first kappa shape index (κ1) is 22.0. The highest BCUT2D eigenvalue weighted by Gasteiger charge is 2.19. The van der Waals surface area contributed by atoms with E-state index in [2.05, 4.69) is 10.3 Å². The number of aliphatic hydroxyl groups is 1. The number of halogens is 2. The molecule has 2 aromatic rings. The van der Waals surface area contributed by atoms with Crippen molar-refractivity contribution in [1.29, 1.82) is 0 Å². The van der Waals surface area contributed by atoms with Gasteiger partial charge in [0, 0.05) is 33.2 Å². The minimum absolute atomic E-state index is 0.256. The molecule has 162 valence electrons. The van der Waals surface area contributed by atoms with Gasteiger partial charge in [0.25, 0.3) is 0 Å². The van der Waals surface area contributed by atoms with Gasteiger partial charge >= 0.3 is 0 Å². The van der Waals surface area contributed by atoms with Crippen LogP contribution in [0.1, 0.15) is 30.9 Å². The van der Waals surface area contributed by atoms with Crippen molar-refractivity contribution < 1.29 is 13.9 Å². The van der Waals surface area contributed by atoms with Crippen molar-refractivity contribution in [2.45, 2.75) is 39.0 Å². The van der Waals surface area contributed by atoms with Gasteiger partial charge in [0.2, 0.25) is 0 Å². The number of benzene rings is 2. The monoisotopic (exact) mass is 416 g/mol. The highest BCUT2D eigenvalue weighted by Crippen LogP contribution is 2.24. The van der Waals surface area contributed by atoms with Crippen LogP contribution in [0.15, 0.2) is 47.5 Å². The molecule has 0 aliphatic carbocycles. The SMILES string of the molecule is CCNC(=NCc1ccc(N2CCC(O)CC2)c(F)c1)N(C)Cc1ccc(F)cc1. The second-order valence-electron chi connectivity index (χ2n) is 7.66. The van der Waals surface area contributed by atoms with Gasteiger partial charge in [-0.2, -0.15) is 0 Å². The van der Waals surface area contributed by atoms with Crippen molar-refractivity contribution in [2.24, 2.45) is 4.99 Å². The minimum Gasteiger partial charge on any atom is -0.393 e. The van der Waals surface area contributed by atoms with Crippen LogP contribution in [-0.2, 0) is 13.1 Å². The number of aliphatic imine (C=N–C) groups is 1. The van der Waals surface area contributed by atoms with E-state index in [4.69, 9.17) is 0 Å². The van der Waals surface area contributed by atoms with Crippen LogP contribution in [0.4, 0.5) is 14.5 Å². The number of aliphatic hydroxyl groups excluding tert-OH is 1. The molecule has 0 spiro atoms. The largest absolute Gasteiger partial charge is 0.393 e. The van der Waals surface area contributed by atoms with Gasteiger partial charge in [-0.05, 0) is 55.2 Å². The Morgan fingerprint density at radius 3 is 2.43 bits per heavy atom. The zero-order valence-electron chi connectivity index (χ0n) is 17.6. The van der Waals surface area contributed by atoms with Gasteiger partial charge < -0.3 is 20.2 Å². The zero-order valence-corrected chi connectivity index (χ0v) is 17.6. The number of rotatable bonds is 6. The van der Waals surface area contributed by atoms with E-state index in [0.29, 0.717) is 57.2 Å². The molecule has 1 heterocycles. The molecule has 0 saturated carbocycles. The topological polar surface area (TPSA) is 51.1 Å². The summed E-state index contributed by atoms with van der Waals surface area (Å²) in [5.74, 6) is 0.188. The van der Waals surface area contributed by atoms with Crippen molar-refractivity contribution in [2.75, 3.05) is 31.6 Å². The molecule has 0 aromatic heterocycles. The van der Waals surface area contributed by atoms with E-state index in [-0.39, 0.29) is 17.7 Å². The molecule has 2 N–H and O–H groups in total. The van der Waals surface area contributed by atoms with Crippen molar-refractivity contribution in [3.05, 3.63) is 65.2 Å². The smallest absolute Gasteiger partial charge is 0.194 e. The number of anilines is 1. The molecule has 5 nitrogen and oxygen atoms in total. The van der Waals surface area contributed by atoms with Crippen molar-refractivity contribution in [1.82, 2.24) is 10.2 Å². The molecule has 0 radical (unpaired) electrons. The van der Waals surface area contributed by atoms with Gasteiger partial charge in [-0.1, -0.05) is 18.2 Å². The number of nitrogens with zero attached hydrogens (tertiary/aromatic N) is 3. The Labute approximate surface area is 177 Å². The maximum atomic E-state index is 14.7. The average molecular weight is 417 g/mol. The summed E-state index contributed by atoms with van der Waals surface area (Å²) < 4.78 is 27.8. The highest BCUT2D eigenvalue weighted by molar-refractivity contribution is 5.79. The summed E-state index contributed by atoms with van der Waals surface area (Å²) in [4.78, 5) is 8.58. The molecular weight excluding hydrogens is 386 g/mol. The summed E-state index contributed by atoms with van der Waals surface area (Å²) in [5.41, 5.74) is 2.35. The lowest BCUT2D eigenvalue weighted by molar-refractivity contribution is 0.145. The second-order valence-corrected chi connectivity index (χ2v) is 7.66. The van der Waals surface area contributed by atoms with Crippen LogP contribution in [-0.4, -0.2) is 48.8 Å². The Morgan fingerprint density at radius 1 is 1.13 bits per heavy atom. The molecule has 30 heavy (non-hydrogen) atoms. The van der Waals surface area contributed by atoms with E-state index < -0.39 is 0 Å². The first-order valence-electron chi connectivity index (χ1n) is 10.4. The average Bonchev–Trinajstić information content (AvgIpc) is 2.73. The molecule has 1 saturated heterocycles. The summed E-state index contributed by atoms with van der Waals surface area (Å²) in [6.07, 6.45) is 1.05. The van der Waals surface area contributed by atoms with E-state index in [0.717, 1.165) is 11.1 Å². The second kappa shape index (κ2) is 10.4. The molecule has 1 aliphatic rings. The fourth-order valence-electron chi connectivity index (χ4n) is 3.59. The Balaban J connectivity index is 1.66. The van der Waals surface area contributed by atoms with Crippen LogP contribution in [0.2, 0.25) is 0 Å². The lowest BCUT2D eigenvalue weighted by Crippen LogP contribution is -2.38. The van der Waals surface area contributed by atoms with E-state index in [1.165, 1.54) is 18.2 Å². The number of guanidine groups is 1. The fraction of sp³-hybridized carbons (Fsp3) is 0.435. The van der Waals surface area contributed by atoms with Crippen LogP contribution in [0.3, 0.4) is 0 Å². The van der Waals surface area contributed by atoms with Gasteiger partial charge in [-0.3, -0.25) is 0 Å². The van der Waals surface area contributed by atoms with Crippen LogP contribution >= 0.6 is 0 Å². The van der Waals surface area contributed by atoms with Gasteiger partial charge in [-0.15, -0.1) is 0 Å². The maximum absolute atomic E-state index is 14.7. The Morgan fingerprint density at radius 2 is 1.80 bits per heavy atom. The summed E-state index contributed by atoms with van der Waals surface area (Å²) >= 11 is 0. The number of hydrogen-bond acceptors (Lipinski definition) is 3. The van der Waals surface area contributed by atoms with Gasteiger partial charge in [-0.25, -0.2) is 13.8 Å². The molecule has 0 bridgehead atoms. The van der Waals surface area contributed by atoms with Crippen molar-refractivity contribution in [3.63, 3.8) is 0 Å². The molecule has 7 heteroatoms. The van der Waals surface area contributed by atoms with Crippen LogP contribution in [0.25, 0.3) is 0 Å². The fourth-order valence-corrected chi connectivity index (χ4v) is 3.59. The van der Waals surface area contributed by atoms with Crippen LogP contribution in [0.5, 0.6) is 0 Å². The third-order valence-electron chi connectivity index (χ3n) is 5.26. The first-order chi connectivity index (χ1) is 14.5. The summed E-state index contributed by atoms with van der Waals surface area (Å²) in [7, 11) is 1.92. The number of piperidine rings is 1. The summed E-state index contributed by atoms with van der Waals surface area (Å²) in [6.45, 7) is 4.96. The summed E-state index contributed by atoms with van der Waals surface area (Å²) in [6, 6.07) is 11.6. The van der Waals surface area contributed by atoms with E-state index in [9.17, 15) is 13.9 Å². The van der Waals surface area contributed by atoms with Gasteiger partial charge in [0.05, 0.1) is 18.3 Å². The highest BCUT2D eigenvalue weighted by atomic mass is 19.1. The normalized spacial score (nSPS) is 15.4. The van der Waals surface area contributed by atoms with E-state index in [1.807, 2.05) is 29.8 Å². The summed E-state index contributed by atoms with van der Waals surface area (Å²) in [5, 5.41) is 12.9. The Bertz CT molecular complexity index is 849. The molecule has 0 unspecified atom stereocenters. The molecular formula is C23H30F2N4O. The van der Waals surface area contributed by atoms with Crippen molar-refractivity contribution in [3.8, 4) is 0 Å². The molecule has 0 atom stereocenters. The Kier molecular flexibility index (Phi) is 7.63. The van der Waals surface area contributed by atoms with E-state index in [1.54, 1.807) is 18.2 Å². The van der Waals surface area contributed by atoms with Gasteiger partial charge in [0.1, 0.15) is 11.6 Å². The van der Waals surface area contributed by atoms with Crippen LogP contribution in [0, 0.1) is 11.6 Å². The van der Waals surface area contributed by atoms with Crippen LogP contribution < -0.4 is 10.2 Å². The lowest BCUT2D eigenvalue weighted by atomic mass is 10.1. The zero-order chi connectivity index (χ0) is 21.5.